The van der Waals surface area contributed by atoms with Crippen molar-refractivity contribution in [3.8, 4) is 0 Å². The lowest BCUT2D eigenvalue weighted by Gasteiger charge is -1.93. The maximum Gasteiger partial charge on any atom is 0.166 e. The second-order valence-electron chi connectivity index (χ2n) is 3.13. The molecule has 0 heterocycles. The van der Waals surface area contributed by atoms with Crippen LogP contribution in [0, 0.1) is 5.92 Å². The highest BCUT2D eigenvalue weighted by molar-refractivity contribution is 6.01. The van der Waals surface area contributed by atoms with Gasteiger partial charge < -0.3 is 0 Å². The number of benzene rings is 1. The normalized spacial score (nSPS) is 19.0. The maximum atomic E-state index is 11.4. The summed E-state index contributed by atoms with van der Waals surface area (Å²) >= 11 is 0. The number of rotatable bonds is 0. The zero-order valence-electron chi connectivity index (χ0n) is 8.50. The highest BCUT2D eigenvalue weighted by Crippen LogP contribution is 2.25. The zero-order valence-corrected chi connectivity index (χ0v) is 8.50. The van der Waals surface area contributed by atoms with Crippen LogP contribution in [-0.2, 0) is 6.42 Å². The van der Waals surface area contributed by atoms with Crippen molar-refractivity contribution in [1.82, 2.24) is 0 Å². The van der Waals surface area contributed by atoms with Crippen LogP contribution >= 0.6 is 0 Å². The van der Waals surface area contributed by atoms with Crippen LogP contribution in [0.15, 0.2) is 24.3 Å². The van der Waals surface area contributed by atoms with Gasteiger partial charge >= 0.3 is 0 Å². The van der Waals surface area contributed by atoms with E-state index in [1.807, 2.05) is 45.0 Å². The van der Waals surface area contributed by atoms with Crippen LogP contribution in [0.25, 0.3) is 0 Å². The Balaban J connectivity index is 0.000000396. The van der Waals surface area contributed by atoms with E-state index >= 15 is 0 Å². The van der Waals surface area contributed by atoms with Crippen LogP contribution in [0.1, 0.15) is 36.7 Å². The molecule has 0 saturated carbocycles. The number of carbonyl (C=O) groups excluding carboxylic acids is 1. The summed E-state index contributed by atoms with van der Waals surface area (Å²) in [5.74, 6) is 0.507. The van der Waals surface area contributed by atoms with Crippen LogP contribution in [0.5, 0.6) is 0 Å². The number of ketones is 1. The minimum Gasteiger partial charge on any atom is -0.294 e. The molecule has 13 heavy (non-hydrogen) atoms. The molecule has 0 radical (unpaired) electrons. The first-order chi connectivity index (χ1) is 6.29. The topological polar surface area (TPSA) is 17.1 Å². The predicted octanol–water partition coefficient (Wildman–Crippen LogP) is 3.09. The van der Waals surface area contributed by atoms with Crippen LogP contribution in [0.2, 0.25) is 0 Å². The van der Waals surface area contributed by atoms with Crippen molar-refractivity contribution in [2.75, 3.05) is 0 Å². The molecule has 1 aromatic carbocycles. The second kappa shape index (κ2) is 4.22. The van der Waals surface area contributed by atoms with Gasteiger partial charge in [-0.1, -0.05) is 45.0 Å². The Morgan fingerprint density at radius 2 is 1.85 bits per heavy atom. The molecule has 1 atom stereocenters. The first-order valence-electron chi connectivity index (χ1n) is 4.91. The highest BCUT2D eigenvalue weighted by Gasteiger charge is 2.25. The molecule has 1 heteroatoms. The molecule has 0 bridgehead atoms. The van der Waals surface area contributed by atoms with Crippen molar-refractivity contribution in [1.29, 1.82) is 0 Å². The number of hydrogen-bond donors (Lipinski definition) is 0. The zero-order chi connectivity index (χ0) is 9.84. The standard InChI is InChI=1S/C10H10O.C2H6/c1-7-6-8-4-2-3-5-9(8)10(7)11;1-2/h2-5,7H,6H2,1H3;1-2H3. The van der Waals surface area contributed by atoms with Gasteiger partial charge in [0.1, 0.15) is 0 Å². The molecule has 1 nitrogen and oxygen atoms in total. The van der Waals surface area contributed by atoms with E-state index in [2.05, 4.69) is 0 Å². The third kappa shape index (κ3) is 1.80. The van der Waals surface area contributed by atoms with Gasteiger partial charge in [0.05, 0.1) is 0 Å². The summed E-state index contributed by atoms with van der Waals surface area (Å²) < 4.78 is 0. The first kappa shape index (κ1) is 9.97. The minimum atomic E-state index is 0.201. The third-order valence-electron chi connectivity index (χ3n) is 2.26. The Labute approximate surface area is 79.8 Å². The van der Waals surface area contributed by atoms with E-state index in [9.17, 15) is 4.79 Å². The van der Waals surface area contributed by atoms with E-state index < -0.39 is 0 Å². The van der Waals surface area contributed by atoms with Gasteiger partial charge in [-0.05, 0) is 12.0 Å². The van der Waals surface area contributed by atoms with E-state index in [4.69, 9.17) is 0 Å². The van der Waals surface area contributed by atoms with Crippen LogP contribution in [0.4, 0.5) is 0 Å². The van der Waals surface area contributed by atoms with E-state index in [-0.39, 0.29) is 5.92 Å². The number of hydrogen-bond acceptors (Lipinski definition) is 1. The lowest BCUT2D eigenvalue weighted by Crippen LogP contribution is -2.02. The average molecular weight is 176 g/mol. The van der Waals surface area contributed by atoms with Gasteiger partial charge in [-0.3, -0.25) is 4.79 Å². The summed E-state index contributed by atoms with van der Waals surface area (Å²) in [5.41, 5.74) is 2.14. The molecule has 1 aromatic rings. The van der Waals surface area contributed by atoms with Gasteiger partial charge in [0, 0.05) is 11.5 Å². The smallest absolute Gasteiger partial charge is 0.166 e. The summed E-state index contributed by atoms with van der Waals surface area (Å²) in [7, 11) is 0. The Kier molecular flexibility index (Phi) is 3.24. The van der Waals surface area contributed by atoms with Gasteiger partial charge in [-0.25, -0.2) is 0 Å². The molecule has 0 fully saturated rings. The van der Waals surface area contributed by atoms with Crippen molar-refractivity contribution < 1.29 is 4.79 Å². The molecule has 2 rings (SSSR count). The van der Waals surface area contributed by atoms with E-state index in [1.54, 1.807) is 0 Å². The van der Waals surface area contributed by atoms with E-state index in [1.165, 1.54) is 5.56 Å². The predicted molar refractivity (Wildman–Crippen MR) is 55.0 cm³/mol. The average Bonchev–Trinajstić information content (AvgIpc) is 2.47. The summed E-state index contributed by atoms with van der Waals surface area (Å²) in [6, 6.07) is 7.87. The molecule has 0 aromatic heterocycles. The van der Waals surface area contributed by atoms with Gasteiger partial charge in [0.2, 0.25) is 0 Å². The Morgan fingerprint density at radius 1 is 1.23 bits per heavy atom. The molecular formula is C12H16O. The van der Waals surface area contributed by atoms with Gasteiger partial charge in [0.15, 0.2) is 5.78 Å². The molecule has 0 amide bonds. The fourth-order valence-corrected chi connectivity index (χ4v) is 1.63. The molecule has 0 spiro atoms. The SMILES string of the molecule is CC.CC1Cc2ccccc2C1=O. The fraction of sp³-hybridized carbons (Fsp3) is 0.417. The summed E-state index contributed by atoms with van der Waals surface area (Å²) in [6.07, 6.45) is 0.926. The molecule has 1 aliphatic rings. The Morgan fingerprint density at radius 3 is 2.46 bits per heavy atom. The lowest BCUT2D eigenvalue weighted by molar-refractivity contribution is 0.0946. The molecule has 0 N–H and O–H groups in total. The van der Waals surface area contributed by atoms with Crippen LogP contribution < -0.4 is 0 Å². The second-order valence-corrected chi connectivity index (χ2v) is 3.13. The summed E-state index contributed by atoms with van der Waals surface area (Å²) in [5, 5.41) is 0. The number of fused-ring (bicyclic) bond motifs is 1. The van der Waals surface area contributed by atoms with Gasteiger partial charge in [-0.2, -0.15) is 0 Å². The van der Waals surface area contributed by atoms with Crippen LogP contribution in [-0.4, -0.2) is 5.78 Å². The quantitative estimate of drug-likeness (QED) is 0.593. The molecule has 1 aliphatic carbocycles. The summed E-state index contributed by atoms with van der Waals surface area (Å²) in [4.78, 5) is 11.4. The minimum absolute atomic E-state index is 0.201. The molecule has 0 saturated heterocycles. The third-order valence-corrected chi connectivity index (χ3v) is 2.26. The van der Waals surface area contributed by atoms with Crippen molar-refractivity contribution in [2.45, 2.75) is 27.2 Å². The molecular weight excluding hydrogens is 160 g/mol. The summed E-state index contributed by atoms with van der Waals surface area (Å²) in [6.45, 7) is 5.99. The van der Waals surface area contributed by atoms with Crippen molar-refractivity contribution in [3.05, 3.63) is 35.4 Å². The monoisotopic (exact) mass is 176 g/mol. The Bertz CT molecular complexity index is 302. The van der Waals surface area contributed by atoms with Gasteiger partial charge in [0.25, 0.3) is 0 Å². The fourth-order valence-electron chi connectivity index (χ4n) is 1.63. The van der Waals surface area contributed by atoms with E-state index in [0.29, 0.717) is 5.78 Å². The maximum absolute atomic E-state index is 11.4. The largest absolute Gasteiger partial charge is 0.294 e. The Hall–Kier alpha value is -1.11. The van der Waals surface area contributed by atoms with Crippen LogP contribution in [0.3, 0.4) is 0 Å². The first-order valence-corrected chi connectivity index (χ1v) is 4.91. The number of carbonyl (C=O) groups is 1. The van der Waals surface area contributed by atoms with Crippen molar-refractivity contribution in [2.24, 2.45) is 5.92 Å². The van der Waals surface area contributed by atoms with Crippen molar-refractivity contribution >= 4 is 5.78 Å². The molecule has 0 aliphatic heterocycles. The highest BCUT2D eigenvalue weighted by atomic mass is 16.1. The number of Topliss-reactive ketones (excluding diaryl/α,β-unsaturated/α-hetero) is 1. The lowest BCUT2D eigenvalue weighted by atomic mass is 10.1. The van der Waals surface area contributed by atoms with Gasteiger partial charge in [-0.15, -0.1) is 0 Å². The molecule has 1 unspecified atom stereocenters. The van der Waals surface area contributed by atoms with E-state index in [0.717, 1.165) is 12.0 Å². The molecule has 70 valence electrons. The van der Waals surface area contributed by atoms with Crippen molar-refractivity contribution in [3.63, 3.8) is 0 Å².